The minimum atomic E-state index is -0.502. The Bertz CT molecular complexity index is 1120. The first-order valence-corrected chi connectivity index (χ1v) is 10.6. The molecule has 3 aromatic rings. The van der Waals surface area contributed by atoms with Crippen molar-refractivity contribution in [2.24, 2.45) is 0 Å². The maximum Gasteiger partial charge on any atom is 0.269 e. The lowest BCUT2D eigenvalue weighted by Crippen LogP contribution is -2.14. The topological polar surface area (TPSA) is 101 Å². The van der Waals surface area contributed by atoms with Gasteiger partial charge in [0.15, 0.2) is 0 Å². The molecular formula is C21H15Cl2N3O4S. The predicted molar refractivity (Wildman–Crippen MR) is 123 cm³/mol. The number of benzene rings is 3. The van der Waals surface area contributed by atoms with Crippen LogP contribution in [0.1, 0.15) is 10.4 Å². The molecule has 0 spiro atoms. The second-order valence-corrected chi connectivity index (χ2v) is 8.14. The Balaban J connectivity index is 1.51. The zero-order valence-electron chi connectivity index (χ0n) is 15.8. The molecule has 10 heteroatoms. The number of carbonyl (C=O) groups excluding carboxylic acids is 2. The van der Waals surface area contributed by atoms with Crippen molar-refractivity contribution in [3.8, 4) is 0 Å². The van der Waals surface area contributed by atoms with Crippen LogP contribution in [0.15, 0.2) is 71.6 Å². The second-order valence-electron chi connectivity index (χ2n) is 6.24. The Morgan fingerprint density at radius 3 is 2.13 bits per heavy atom. The van der Waals surface area contributed by atoms with Gasteiger partial charge in [-0.2, -0.15) is 0 Å². The van der Waals surface area contributed by atoms with Gasteiger partial charge in [0.25, 0.3) is 11.6 Å². The Kier molecular flexibility index (Phi) is 7.51. The summed E-state index contributed by atoms with van der Waals surface area (Å²) in [5.74, 6) is -0.443. The highest BCUT2D eigenvalue weighted by Crippen LogP contribution is 2.24. The van der Waals surface area contributed by atoms with Crippen LogP contribution in [-0.2, 0) is 4.79 Å². The molecule has 0 heterocycles. The van der Waals surface area contributed by atoms with E-state index in [2.05, 4.69) is 10.6 Å². The second kappa shape index (κ2) is 10.3. The molecule has 3 rings (SSSR count). The Morgan fingerprint density at radius 2 is 1.52 bits per heavy atom. The highest BCUT2D eigenvalue weighted by Gasteiger charge is 2.11. The van der Waals surface area contributed by atoms with Crippen LogP contribution >= 0.6 is 35.0 Å². The molecule has 2 amide bonds. The number of hydrogen-bond acceptors (Lipinski definition) is 5. The summed E-state index contributed by atoms with van der Waals surface area (Å²) >= 11 is 13.2. The van der Waals surface area contributed by atoms with Gasteiger partial charge in [-0.3, -0.25) is 19.7 Å². The number of rotatable bonds is 7. The fraction of sp³-hybridized carbons (Fsp3) is 0.0476. The van der Waals surface area contributed by atoms with E-state index in [-0.39, 0.29) is 28.3 Å². The first-order valence-electron chi connectivity index (χ1n) is 8.85. The first-order chi connectivity index (χ1) is 14.8. The summed E-state index contributed by atoms with van der Waals surface area (Å²) < 4.78 is 0. The summed E-state index contributed by atoms with van der Waals surface area (Å²) in [5.41, 5.74) is 1.33. The summed E-state index contributed by atoms with van der Waals surface area (Å²) in [6.07, 6.45) is 0. The lowest BCUT2D eigenvalue weighted by atomic mass is 10.2. The normalized spacial score (nSPS) is 10.4. The number of nitrogens with one attached hydrogen (secondary N) is 2. The summed E-state index contributed by atoms with van der Waals surface area (Å²) in [6.45, 7) is 0. The Hall–Kier alpha value is -3.07. The number of nitro benzene ring substituents is 1. The maximum atomic E-state index is 12.3. The maximum absolute atomic E-state index is 12.3. The molecule has 158 valence electrons. The number of halogens is 2. The Morgan fingerprint density at radius 1 is 0.903 bits per heavy atom. The molecule has 0 fully saturated rings. The smallest absolute Gasteiger partial charge is 0.269 e. The van der Waals surface area contributed by atoms with E-state index in [1.807, 2.05) is 0 Å². The van der Waals surface area contributed by atoms with Crippen LogP contribution < -0.4 is 10.6 Å². The van der Waals surface area contributed by atoms with E-state index >= 15 is 0 Å². The van der Waals surface area contributed by atoms with Crippen molar-refractivity contribution < 1.29 is 14.5 Å². The zero-order valence-corrected chi connectivity index (χ0v) is 18.1. The molecule has 0 unspecified atom stereocenters. The fourth-order valence-electron chi connectivity index (χ4n) is 2.52. The van der Waals surface area contributed by atoms with E-state index in [9.17, 15) is 19.7 Å². The Labute approximate surface area is 191 Å². The average Bonchev–Trinajstić information content (AvgIpc) is 2.73. The van der Waals surface area contributed by atoms with E-state index in [1.54, 1.807) is 36.4 Å². The SMILES string of the molecule is O=C(CSc1ccc(NC(=O)c2ccc(Cl)cc2Cl)cc1)Nc1ccc([N+](=O)[O-])cc1. The number of amides is 2. The highest BCUT2D eigenvalue weighted by molar-refractivity contribution is 8.00. The minimum Gasteiger partial charge on any atom is -0.325 e. The number of anilines is 2. The summed E-state index contributed by atoms with van der Waals surface area (Å²) in [7, 11) is 0. The molecule has 0 aromatic heterocycles. The monoisotopic (exact) mass is 475 g/mol. The van der Waals surface area contributed by atoms with Gasteiger partial charge in [-0.1, -0.05) is 23.2 Å². The van der Waals surface area contributed by atoms with Crippen LogP contribution in [0.3, 0.4) is 0 Å². The van der Waals surface area contributed by atoms with Crippen LogP contribution in [0.2, 0.25) is 10.0 Å². The highest BCUT2D eigenvalue weighted by atomic mass is 35.5. The van der Waals surface area contributed by atoms with Crippen LogP contribution in [0, 0.1) is 10.1 Å². The van der Waals surface area contributed by atoms with Crippen molar-refractivity contribution in [2.75, 3.05) is 16.4 Å². The molecule has 0 saturated heterocycles. The standard InChI is InChI=1S/C21H15Cl2N3O4S/c22-13-1-10-18(19(23)11-13)21(28)25-15-4-8-17(9-5-15)31-12-20(27)24-14-2-6-16(7-3-14)26(29)30/h1-11H,12H2,(H,24,27)(H,25,28). The van der Waals surface area contributed by atoms with E-state index in [1.165, 1.54) is 42.1 Å². The fourth-order valence-corrected chi connectivity index (χ4v) is 3.71. The van der Waals surface area contributed by atoms with E-state index in [0.717, 1.165) is 4.90 Å². The van der Waals surface area contributed by atoms with Crippen LogP contribution in [-0.4, -0.2) is 22.5 Å². The van der Waals surface area contributed by atoms with E-state index < -0.39 is 4.92 Å². The predicted octanol–water partition coefficient (Wildman–Crippen LogP) is 5.88. The molecule has 0 aliphatic heterocycles. The number of hydrogen-bond donors (Lipinski definition) is 2. The van der Waals surface area contributed by atoms with Gasteiger partial charge in [-0.25, -0.2) is 0 Å². The van der Waals surface area contributed by atoms with E-state index in [4.69, 9.17) is 23.2 Å². The molecule has 2 N–H and O–H groups in total. The molecule has 0 aliphatic rings. The molecule has 0 radical (unpaired) electrons. The lowest BCUT2D eigenvalue weighted by molar-refractivity contribution is -0.384. The van der Waals surface area contributed by atoms with Gasteiger partial charge in [0.1, 0.15) is 0 Å². The number of carbonyl (C=O) groups is 2. The van der Waals surface area contributed by atoms with Gasteiger partial charge in [-0.15, -0.1) is 11.8 Å². The van der Waals surface area contributed by atoms with Gasteiger partial charge in [0, 0.05) is 33.4 Å². The largest absolute Gasteiger partial charge is 0.325 e. The molecule has 3 aromatic carbocycles. The number of non-ortho nitro benzene ring substituents is 1. The van der Waals surface area contributed by atoms with Crippen LogP contribution in [0.4, 0.5) is 17.1 Å². The quantitative estimate of drug-likeness (QED) is 0.252. The molecule has 31 heavy (non-hydrogen) atoms. The third-order valence-electron chi connectivity index (χ3n) is 4.02. The summed E-state index contributed by atoms with van der Waals surface area (Å²) in [6, 6.07) is 17.2. The van der Waals surface area contributed by atoms with Crippen molar-refractivity contribution in [3.05, 3.63) is 92.5 Å². The van der Waals surface area contributed by atoms with Crippen molar-refractivity contribution in [1.82, 2.24) is 0 Å². The molecule has 7 nitrogen and oxygen atoms in total. The molecule has 0 bridgehead atoms. The van der Waals surface area contributed by atoms with Gasteiger partial charge in [-0.05, 0) is 54.6 Å². The average molecular weight is 476 g/mol. The molecule has 0 atom stereocenters. The number of thioether (sulfide) groups is 1. The number of nitrogens with zero attached hydrogens (tertiary/aromatic N) is 1. The zero-order chi connectivity index (χ0) is 22.4. The summed E-state index contributed by atoms with van der Waals surface area (Å²) in [4.78, 5) is 35.4. The summed E-state index contributed by atoms with van der Waals surface area (Å²) in [5, 5.41) is 16.8. The first kappa shape index (κ1) is 22.6. The molecule has 0 saturated carbocycles. The van der Waals surface area contributed by atoms with Crippen molar-refractivity contribution >= 4 is 63.8 Å². The third-order valence-corrected chi connectivity index (χ3v) is 5.58. The van der Waals surface area contributed by atoms with Crippen molar-refractivity contribution in [1.29, 1.82) is 0 Å². The van der Waals surface area contributed by atoms with Crippen molar-refractivity contribution in [3.63, 3.8) is 0 Å². The molecular weight excluding hydrogens is 461 g/mol. The van der Waals surface area contributed by atoms with Crippen LogP contribution in [0.5, 0.6) is 0 Å². The van der Waals surface area contributed by atoms with Crippen molar-refractivity contribution in [2.45, 2.75) is 4.90 Å². The minimum absolute atomic E-state index is 0.0436. The van der Waals surface area contributed by atoms with Crippen LogP contribution in [0.25, 0.3) is 0 Å². The molecule has 0 aliphatic carbocycles. The third kappa shape index (κ3) is 6.45. The van der Waals surface area contributed by atoms with Gasteiger partial charge in [0.2, 0.25) is 5.91 Å². The van der Waals surface area contributed by atoms with Gasteiger partial charge in [0.05, 0.1) is 21.3 Å². The lowest BCUT2D eigenvalue weighted by Gasteiger charge is -2.08. The van der Waals surface area contributed by atoms with E-state index in [0.29, 0.717) is 22.0 Å². The van der Waals surface area contributed by atoms with Gasteiger partial charge >= 0.3 is 0 Å². The van der Waals surface area contributed by atoms with Gasteiger partial charge < -0.3 is 10.6 Å². The number of nitro groups is 1.